The standard InChI is InChI=1S/C31H31NO3/c1-4-16-32-27-14-12-23-10-5-6-11-25(23)31(27)26(19-30(32)33)24-13-15-28(29(18-24)34-3)35-20-22-9-7-8-21(2)17-22/h5-15,17-18,26H,4,16,19-20H2,1-3H3. The molecule has 0 aromatic heterocycles. The fraction of sp³-hybridized carbons (Fsp3) is 0.258. The lowest BCUT2D eigenvalue weighted by Crippen LogP contribution is -2.37. The predicted octanol–water partition coefficient (Wildman–Crippen LogP) is 7.01. The molecule has 1 amide bonds. The number of aryl methyl sites for hydroxylation is 1. The molecule has 4 nitrogen and oxygen atoms in total. The van der Waals surface area contributed by atoms with Gasteiger partial charge in [0.1, 0.15) is 6.61 Å². The van der Waals surface area contributed by atoms with Crippen molar-refractivity contribution in [2.24, 2.45) is 0 Å². The molecule has 0 N–H and O–H groups in total. The molecule has 4 heteroatoms. The van der Waals surface area contributed by atoms with Gasteiger partial charge in [-0.3, -0.25) is 4.79 Å². The third kappa shape index (κ3) is 4.49. The summed E-state index contributed by atoms with van der Waals surface area (Å²) in [6.45, 7) is 5.39. The van der Waals surface area contributed by atoms with Gasteiger partial charge in [-0.25, -0.2) is 0 Å². The Balaban J connectivity index is 1.53. The Hall–Kier alpha value is -3.79. The smallest absolute Gasteiger partial charge is 0.227 e. The van der Waals surface area contributed by atoms with E-state index in [2.05, 4.69) is 74.5 Å². The molecular formula is C31H31NO3. The molecule has 178 valence electrons. The molecule has 1 heterocycles. The number of hydrogen-bond acceptors (Lipinski definition) is 3. The van der Waals surface area contributed by atoms with Crippen LogP contribution in [0.2, 0.25) is 0 Å². The van der Waals surface area contributed by atoms with E-state index >= 15 is 0 Å². The van der Waals surface area contributed by atoms with Crippen LogP contribution >= 0.6 is 0 Å². The highest BCUT2D eigenvalue weighted by Crippen LogP contribution is 2.45. The highest BCUT2D eigenvalue weighted by molar-refractivity contribution is 6.03. The van der Waals surface area contributed by atoms with Crippen molar-refractivity contribution in [3.05, 3.63) is 101 Å². The number of methoxy groups -OCH3 is 1. The minimum Gasteiger partial charge on any atom is -0.493 e. The summed E-state index contributed by atoms with van der Waals surface area (Å²) >= 11 is 0. The van der Waals surface area contributed by atoms with E-state index in [0.717, 1.165) is 29.8 Å². The molecule has 0 fully saturated rings. The van der Waals surface area contributed by atoms with Gasteiger partial charge in [-0.15, -0.1) is 0 Å². The van der Waals surface area contributed by atoms with E-state index in [0.29, 0.717) is 24.5 Å². The Morgan fingerprint density at radius 2 is 1.80 bits per heavy atom. The van der Waals surface area contributed by atoms with Crippen molar-refractivity contribution in [1.82, 2.24) is 0 Å². The van der Waals surface area contributed by atoms with Crippen molar-refractivity contribution in [2.45, 2.75) is 39.2 Å². The Labute approximate surface area is 207 Å². The highest BCUT2D eigenvalue weighted by atomic mass is 16.5. The molecule has 5 rings (SSSR count). The van der Waals surface area contributed by atoms with Crippen LogP contribution in [0.3, 0.4) is 0 Å². The first-order valence-corrected chi connectivity index (χ1v) is 12.3. The van der Waals surface area contributed by atoms with E-state index in [-0.39, 0.29) is 11.8 Å². The average Bonchev–Trinajstić information content (AvgIpc) is 2.88. The van der Waals surface area contributed by atoms with Gasteiger partial charge in [0.05, 0.1) is 7.11 Å². The average molecular weight is 466 g/mol. The maximum atomic E-state index is 13.2. The molecule has 1 atom stereocenters. The van der Waals surface area contributed by atoms with Gasteiger partial charge >= 0.3 is 0 Å². The van der Waals surface area contributed by atoms with Gasteiger partial charge < -0.3 is 14.4 Å². The summed E-state index contributed by atoms with van der Waals surface area (Å²) in [5.41, 5.74) is 5.62. The van der Waals surface area contributed by atoms with E-state index in [1.807, 2.05) is 23.1 Å². The van der Waals surface area contributed by atoms with Crippen LogP contribution in [0.4, 0.5) is 5.69 Å². The Morgan fingerprint density at radius 3 is 2.60 bits per heavy atom. The number of amides is 1. The number of anilines is 1. The third-order valence-electron chi connectivity index (χ3n) is 6.78. The van der Waals surface area contributed by atoms with E-state index < -0.39 is 0 Å². The summed E-state index contributed by atoms with van der Waals surface area (Å²) < 4.78 is 11.9. The van der Waals surface area contributed by atoms with Crippen molar-refractivity contribution >= 4 is 22.4 Å². The molecule has 0 bridgehead atoms. The first-order valence-electron chi connectivity index (χ1n) is 12.3. The lowest BCUT2D eigenvalue weighted by Gasteiger charge is -2.35. The number of ether oxygens (including phenoxy) is 2. The van der Waals surface area contributed by atoms with Gasteiger partial charge in [0, 0.05) is 24.6 Å². The maximum absolute atomic E-state index is 13.2. The zero-order valence-electron chi connectivity index (χ0n) is 20.6. The van der Waals surface area contributed by atoms with Crippen LogP contribution in [0.1, 0.15) is 47.9 Å². The number of carbonyl (C=O) groups excluding carboxylic acids is 1. The molecule has 1 unspecified atom stereocenters. The lowest BCUT2D eigenvalue weighted by atomic mass is 9.81. The largest absolute Gasteiger partial charge is 0.493 e. The normalized spacial score (nSPS) is 15.2. The van der Waals surface area contributed by atoms with Gasteiger partial charge in [0.25, 0.3) is 0 Å². The topological polar surface area (TPSA) is 38.8 Å². The van der Waals surface area contributed by atoms with Crippen molar-refractivity contribution in [2.75, 3.05) is 18.6 Å². The molecule has 35 heavy (non-hydrogen) atoms. The minimum atomic E-state index is -0.0450. The van der Waals surface area contributed by atoms with Crippen LogP contribution in [-0.2, 0) is 11.4 Å². The number of rotatable bonds is 7. The second kappa shape index (κ2) is 9.83. The number of fused-ring (bicyclic) bond motifs is 3. The van der Waals surface area contributed by atoms with E-state index in [4.69, 9.17) is 9.47 Å². The van der Waals surface area contributed by atoms with Crippen molar-refractivity contribution in [3.63, 3.8) is 0 Å². The van der Waals surface area contributed by atoms with Gasteiger partial charge in [-0.05, 0) is 59.0 Å². The van der Waals surface area contributed by atoms with Crippen LogP contribution in [0.5, 0.6) is 11.5 Å². The van der Waals surface area contributed by atoms with Gasteiger partial charge in [0.15, 0.2) is 11.5 Å². The molecule has 4 aromatic carbocycles. The summed E-state index contributed by atoms with van der Waals surface area (Å²) in [6.07, 6.45) is 1.36. The molecule has 0 aliphatic carbocycles. The van der Waals surface area contributed by atoms with Crippen molar-refractivity contribution in [3.8, 4) is 11.5 Å². The minimum absolute atomic E-state index is 0.0450. The second-order valence-corrected chi connectivity index (χ2v) is 9.21. The fourth-order valence-electron chi connectivity index (χ4n) is 5.14. The molecule has 0 saturated carbocycles. The summed E-state index contributed by atoms with van der Waals surface area (Å²) in [7, 11) is 1.66. The first-order chi connectivity index (χ1) is 17.1. The SMILES string of the molecule is CCCN1C(=O)CC(c2ccc(OCc3cccc(C)c3)c(OC)c2)c2c1ccc1ccccc21. The zero-order valence-corrected chi connectivity index (χ0v) is 20.6. The highest BCUT2D eigenvalue weighted by Gasteiger charge is 2.33. The Kier molecular flexibility index (Phi) is 6.45. The van der Waals surface area contributed by atoms with Crippen LogP contribution in [-0.4, -0.2) is 19.6 Å². The quantitative estimate of drug-likeness (QED) is 0.295. The van der Waals surface area contributed by atoms with Crippen LogP contribution in [0.15, 0.2) is 78.9 Å². The molecule has 0 spiro atoms. The number of nitrogens with zero attached hydrogens (tertiary/aromatic N) is 1. The van der Waals surface area contributed by atoms with Crippen molar-refractivity contribution in [1.29, 1.82) is 0 Å². The summed E-state index contributed by atoms with van der Waals surface area (Å²) in [5.74, 6) is 1.50. The van der Waals surface area contributed by atoms with Crippen LogP contribution < -0.4 is 14.4 Å². The first kappa shape index (κ1) is 23.0. The molecule has 0 radical (unpaired) electrons. The van der Waals surface area contributed by atoms with E-state index in [9.17, 15) is 4.79 Å². The molecule has 4 aromatic rings. The lowest BCUT2D eigenvalue weighted by molar-refractivity contribution is -0.119. The third-order valence-corrected chi connectivity index (χ3v) is 6.78. The molecular weight excluding hydrogens is 434 g/mol. The number of benzene rings is 4. The van der Waals surface area contributed by atoms with Crippen molar-refractivity contribution < 1.29 is 14.3 Å². The van der Waals surface area contributed by atoms with Crippen LogP contribution in [0.25, 0.3) is 10.8 Å². The molecule has 1 aliphatic heterocycles. The van der Waals surface area contributed by atoms with Crippen LogP contribution in [0, 0.1) is 6.92 Å². The summed E-state index contributed by atoms with van der Waals surface area (Å²) in [4.78, 5) is 15.2. The number of carbonyl (C=O) groups is 1. The number of hydrogen-bond donors (Lipinski definition) is 0. The summed E-state index contributed by atoms with van der Waals surface area (Å²) in [6, 6.07) is 27.0. The van der Waals surface area contributed by atoms with E-state index in [1.165, 1.54) is 21.9 Å². The molecule has 0 saturated heterocycles. The van der Waals surface area contributed by atoms with Gasteiger partial charge in [-0.1, -0.05) is 73.2 Å². The Morgan fingerprint density at radius 1 is 0.943 bits per heavy atom. The zero-order chi connectivity index (χ0) is 24.4. The molecule has 1 aliphatic rings. The second-order valence-electron chi connectivity index (χ2n) is 9.21. The Bertz CT molecular complexity index is 1380. The van der Waals surface area contributed by atoms with Gasteiger partial charge in [0.2, 0.25) is 5.91 Å². The fourth-order valence-corrected chi connectivity index (χ4v) is 5.14. The predicted molar refractivity (Wildman–Crippen MR) is 142 cm³/mol. The van der Waals surface area contributed by atoms with Gasteiger partial charge in [-0.2, -0.15) is 0 Å². The maximum Gasteiger partial charge on any atom is 0.227 e. The summed E-state index contributed by atoms with van der Waals surface area (Å²) in [5, 5.41) is 2.38. The van der Waals surface area contributed by atoms with E-state index in [1.54, 1.807) is 7.11 Å². The monoisotopic (exact) mass is 465 g/mol.